The van der Waals surface area contributed by atoms with Crippen molar-refractivity contribution in [1.82, 2.24) is 0 Å². The molecule has 1 atom stereocenters. The Morgan fingerprint density at radius 3 is 1.79 bits per heavy atom. The fourth-order valence-electron chi connectivity index (χ4n) is 0.263. The Kier molecular flexibility index (Phi) is 18.4. The van der Waals surface area contributed by atoms with Gasteiger partial charge in [-0.1, -0.05) is 13.8 Å². The van der Waals surface area contributed by atoms with Gasteiger partial charge in [0, 0.05) is 28.3 Å². The van der Waals surface area contributed by atoms with E-state index in [-0.39, 0.29) is 21.7 Å². The fraction of sp³-hybridized carbons (Fsp3) is 0.889. The van der Waals surface area contributed by atoms with E-state index >= 15 is 0 Å². The van der Waals surface area contributed by atoms with Gasteiger partial charge in [-0.3, -0.25) is 0 Å². The van der Waals surface area contributed by atoms with Gasteiger partial charge in [-0.2, -0.15) is 0 Å². The minimum Gasteiger partial charge on any atom is -0.464 e. The van der Waals surface area contributed by atoms with E-state index < -0.39 is 12.1 Å². The maximum atomic E-state index is 10.3. The summed E-state index contributed by atoms with van der Waals surface area (Å²) in [5, 5.41) is 16.6. The first-order chi connectivity index (χ1) is 5.95. The van der Waals surface area contributed by atoms with Gasteiger partial charge in [-0.25, -0.2) is 4.79 Å². The Labute approximate surface area is 101 Å². The molecule has 5 heteroatoms. The van der Waals surface area contributed by atoms with E-state index in [0.29, 0.717) is 19.1 Å². The average Bonchev–Trinajstić information content (AvgIpc) is 2.06. The van der Waals surface area contributed by atoms with Crippen LogP contribution in [0.25, 0.3) is 0 Å². The number of aliphatic hydroxyl groups is 2. The maximum Gasteiger partial charge on any atom is 0.334 e. The number of hydrogen-bond acceptors (Lipinski definition) is 4. The van der Waals surface area contributed by atoms with Crippen LogP contribution >= 0.6 is 0 Å². The molecule has 1 unspecified atom stereocenters. The summed E-state index contributed by atoms with van der Waals surface area (Å²) in [6.07, 6.45) is -0.991. The van der Waals surface area contributed by atoms with E-state index in [1.54, 1.807) is 6.92 Å². The van der Waals surface area contributed by atoms with Crippen molar-refractivity contribution >= 4 is 5.97 Å². The maximum absolute atomic E-state index is 10.3. The molecule has 84 valence electrons. The molecular weight excluding hydrogens is 220 g/mol. The van der Waals surface area contributed by atoms with Gasteiger partial charge in [0.15, 0.2) is 0 Å². The summed E-state index contributed by atoms with van der Waals surface area (Å²) < 4.78 is 4.41. The van der Waals surface area contributed by atoms with Gasteiger partial charge < -0.3 is 14.9 Å². The standard InChI is InChI=1S/C5H10O3.C4H10O.Ti/c1-3-8-5(7)4(2)6;1-4(2)3-5;/h4,6H,3H2,1-2H3;4-5H,3H2,1-2H3;. The first-order valence-corrected chi connectivity index (χ1v) is 4.41. The average molecular weight is 240 g/mol. The molecule has 0 aromatic heterocycles. The van der Waals surface area contributed by atoms with Crippen LogP contribution in [-0.2, 0) is 31.2 Å². The molecule has 0 aromatic carbocycles. The van der Waals surface area contributed by atoms with Gasteiger partial charge in [0.2, 0.25) is 0 Å². The topological polar surface area (TPSA) is 66.8 Å². The van der Waals surface area contributed by atoms with Crippen LogP contribution in [0.1, 0.15) is 27.7 Å². The third-order valence-corrected chi connectivity index (χ3v) is 0.993. The van der Waals surface area contributed by atoms with E-state index in [1.807, 2.05) is 13.8 Å². The summed E-state index contributed by atoms with van der Waals surface area (Å²) in [7, 11) is 0. The van der Waals surface area contributed by atoms with Crippen molar-refractivity contribution in [3.05, 3.63) is 0 Å². The molecule has 0 heterocycles. The molecule has 0 aliphatic carbocycles. The Morgan fingerprint density at radius 1 is 1.36 bits per heavy atom. The largest absolute Gasteiger partial charge is 0.464 e. The van der Waals surface area contributed by atoms with Crippen molar-refractivity contribution in [3.8, 4) is 0 Å². The van der Waals surface area contributed by atoms with Crippen LogP contribution in [0, 0.1) is 5.92 Å². The summed E-state index contributed by atoms with van der Waals surface area (Å²) in [5.74, 6) is -0.123. The Bertz CT molecular complexity index is 126. The van der Waals surface area contributed by atoms with Crippen molar-refractivity contribution in [2.75, 3.05) is 13.2 Å². The van der Waals surface area contributed by atoms with E-state index in [9.17, 15) is 4.79 Å². The summed E-state index contributed by atoms with van der Waals surface area (Å²) in [5.41, 5.74) is 0. The summed E-state index contributed by atoms with van der Waals surface area (Å²) >= 11 is 0. The van der Waals surface area contributed by atoms with Crippen LogP contribution in [-0.4, -0.2) is 35.5 Å². The Balaban J connectivity index is -0.000000177. The fourth-order valence-corrected chi connectivity index (χ4v) is 0.263. The number of hydrogen-bond donors (Lipinski definition) is 2. The molecule has 0 spiro atoms. The predicted molar refractivity (Wildman–Crippen MR) is 50.2 cm³/mol. The summed E-state index contributed by atoms with van der Waals surface area (Å²) in [6, 6.07) is 0. The summed E-state index contributed by atoms with van der Waals surface area (Å²) in [6.45, 7) is 7.64. The van der Waals surface area contributed by atoms with Gasteiger partial charge >= 0.3 is 5.97 Å². The monoisotopic (exact) mass is 240 g/mol. The molecule has 2 N–H and O–H groups in total. The Hall–Kier alpha value is 0.104. The van der Waals surface area contributed by atoms with E-state index in [0.717, 1.165) is 0 Å². The minimum atomic E-state index is -0.991. The quantitative estimate of drug-likeness (QED) is 0.558. The van der Waals surface area contributed by atoms with Gasteiger partial charge in [-0.05, 0) is 19.8 Å². The first kappa shape index (κ1) is 19.6. The molecule has 0 aliphatic heterocycles. The van der Waals surface area contributed by atoms with E-state index in [4.69, 9.17) is 10.2 Å². The Morgan fingerprint density at radius 2 is 1.71 bits per heavy atom. The van der Waals surface area contributed by atoms with Crippen molar-refractivity contribution in [1.29, 1.82) is 0 Å². The van der Waals surface area contributed by atoms with Crippen molar-refractivity contribution in [2.45, 2.75) is 33.8 Å². The van der Waals surface area contributed by atoms with Gasteiger partial charge in [0.1, 0.15) is 6.10 Å². The molecule has 0 saturated carbocycles. The molecule has 0 amide bonds. The van der Waals surface area contributed by atoms with Crippen molar-refractivity contribution in [3.63, 3.8) is 0 Å². The SMILES string of the molecule is CC(C)CO.CCOC(=O)C(C)O.[Ti]. The van der Waals surface area contributed by atoms with Crippen LogP contribution in [0.4, 0.5) is 0 Å². The van der Waals surface area contributed by atoms with Gasteiger partial charge in [0.25, 0.3) is 0 Å². The molecule has 0 radical (unpaired) electrons. The molecular formula is C9H20O4Ti. The normalized spacial score (nSPS) is 10.8. The van der Waals surface area contributed by atoms with Gasteiger partial charge in [0.05, 0.1) is 6.61 Å². The molecule has 0 aromatic rings. The third-order valence-electron chi connectivity index (χ3n) is 0.993. The molecule has 4 nitrogen and oxygen atoms in total. The number of carbonyl (C=O) groups excluding carboxylic acids is 1. The minimum absolute atomic E-state index is 0. The predicted octanol–water partition coefficient (Wildman–Crippen LogP) is 0.562. The van der Waals surface area contributed by atoms with Crippen molar-refractivity contribution in [2.24, 2.45) is 5.92 Å². The zero-order valence-corrected chi connectivity index (χ0v) is 10.8. The second-order valence-electron chi connectivity index (χ2n) is 3.00. The smallest absolute Gasteiger partial charge is 0.334 e. The van der Waals surface area contributed by atoms with Crippen molar-refractivity contribution < 1.29 is 41.5 Å². The zero-order chi connectivity index (χ0) is 10.9. The van der Waals surface area contributed by atoms with Gasteiger partial charge in [-0.15, -0.1) is 0 Å². The molecule has 0 rings (SSSR count). The molecule has 0 aliphatic rings. The van der Waals surface area contributed by atoms with E-state index in [2.05, 4.69) is 4.74 Å². The van der Waals surface area contributed by atoms with E-state index in [1.165, 1.54) is 6.92 Å². The second kappa shape index (κ2) is 13.1. The zero-order valence-electron chi connectivity index (χ0n) is 9.28. The molecule has 0 fully saturated rings. The van der Waals surface area contributed by atoms with Crippen LogP contribution in [0.3, 0.4) is 0 Å². The molecule has 0 saturated heterocycles. The van der Waals surface area contributed by atoms with Crippen LogP contribution in [0.15, 0.2) is 0 Å². The number of esters is 1. The number of rotatable bonds is 3. The second-order valence-corrected chi connectivity index (χ2v) is 3.00. The van der Waals surface area contributed by atoms with Crippen LogP contribution < -0.4 is 0 Å². The third kappa shape index (κ3) is 18.0. The number of ether oxygens (including phenoxy) is 1. The summed E-state index contributed by atoms with van der Waals surface area (Å²) in [4.78, 5) is 10.3. The van der Waals surface area contributed by atoms with Crippen LogP contribution in [0.5, 0.6) is 0 Å². The molecule has 14 heavy (non-hydrogen) atoms. The first-order valence-electron chi connectivity index (χ1n) is 4.41. The number of aliphatic hydroxyl groups excluding tert-OH is 2. The number of carbonyl (C=O) groups is 1. The molecule has 0 bridgehead atoms. The van der Waals surface area contributed by atoms with Crippen LogP contribution in [0.2, 0.25) is 0 Å².